The first-order valence-electron chi connectivity index (χ1n) is 11.1. The second-order valence-corrected chi connectivity index (χ2v) is 8.72. The molecule has 0 aliphatic carbocycles. The quantitative estimate of drug-likeness (QED) is 0.303. The van der Waals surface area contributed by atoms with Gasteiger partial charge in [-0.3, -0.25) is 14.5 Å². The molecule has 34 heavy (non-hydrogen) atoms. The zero-order chi connectivity index (χ0) is 24.6. The Morgan fingerprint density at radius 2 is 1.68 bits per heavy atom. The molecule has 0 saturated carbocycles. The van der Waals surface area contributed by atoms with Crippen molar-refractivity contribution in [2.75, 3.05) is 4.90 Å². The Labute approximate surface area is 198 Å². The lowest BCUT2D eigenvalue weighted by Crippen LogP contribution is -2.29. The number of aromatic hydroxyl groups is 1. The van der Waals surface area contributed by atoms with Gasteiger partial charge in [-0.25, -0.2) is 0 Å². The van der Waals surface area contributed by atoms with Crippen LogP contribution in [0, 0.1) is 13.8 Å². The third kappa shape index (κ3) is 4.15. The number of carbonyl (C=O) groups is 2. The van der Waals surface area contributed by atoms with Crippen LogP contribution >= 0.6 is 0 Å². The van der Waals surface area contributed by atoms with Crippen LogP contribution < -0.4 is 9.64 Å². The van der Waals surface area contributed by atoms with Crippen molar-refractivity contribution < 1.29 is 24.5 Å². The molecule has 1 heterocycles. The minimum Gasteiger partial charge on any atom is -0.507 e. The predicted octanol–water partition coefficient (Wildman–Crippen LogP) is 5.42. The van der Waals surface area contributed by atoms with E-state index < -0.39 is 17.7 Å². The van der Waals surface area contributed by atoms with Gasteiger partial charge in [0.15, 0.2) is 0 Å². The fourth-order valence-corrected chi connectivity index (χ4v) is 4.20. The van der Waals surface area contributed by atoms with Gasteiger partial charge < -0.3 is 14.9 Å². The van der Waals surface area contributed by atoms with E-state index in [0.717, 1.165) is 11.1 Å². The summed E-state index contributed by atoms with van der Waals surface area (Å²) < 4.78 is 5.78. The van der Waals surface area contributed by atoms with Gasteiger partial charge in [-0.15, -0.1) is 0 Å². The molecular weight excluding hydrogens is 430 g/mol. The molecule has 0 bridgehead atoms. The van der Waals surface area contributed by atoms with Gasteiger partial charge in [-0.2, -0.15) is 0 Å². The summed E-state index contributed by atoms with van der Waals surface area (Å²) in [6.45, 7) is 7.54. The smallest absolute Gasteiger partial charge is 0.300 e. The highest BCUT2D eigenvalue weighted by Gasteiger charge is 2.47. The SMILES string of the molecule is Cc1ccc(O)c(N2C(=O)C(=O)/C(=C(\O)c3ccc(OC(C)C)c(C)c3)C2c2ccccc2)c1. The van der Waals surface area contributed by atoms with Gasteiger partial charge in [0.05, 0.1) is 23.4 Å². The van der Waals surface area contributed by atoms with Gasteiger partial charge in [-0.1, -0.05) is 36.4 Å². The number of aliphatic hydroxyl groups is 1. The Kier molecular flexibility index (Phi) is 6.16. The number of ketones is 1. The summed E-state index contributed by atoms with van der Waals surface area (Å²) >= 11 is 0. The van der Waals surface area contributed by atoms with E-state index in [-0.39, 0.29) is 28.9 Å². The number of Topliss-reactive ketones (excluding diaryl/α,β-unsaturated/α-hetero) is 1. The second kappa shape index (κ2) is 9.06. The fraction of sp³-hybridized carbons (Fsp3) is 0.214. The molecule has 1 aliphatic rings. The molecule has 3 aromatic carbocycles. The summed E-state index contributed by atoms with van der Waals surface area (Å²) in [5.41, 5.74) is 2.83. The van der Waals surface area contributed by atoms with E-state index in [2.05, 4.69) is 0 Å². The second-order valence-electron chi connectivity index (χ2n) is 8.72. The van der Waals surface area contributed by atoms with Crippen LogP contribution in [0.3, 0.4) is 0 Å². The molecule has 174 valence electrons. The predicted molar refractivity (Wildman–Crippen MR) is 131 cm³/mol. The molecular formula is C28H27NO5. The van der Waals surface area contributed by atoms with Gasteiger partial charge in [-0.05, 0) is 74.7 Å². The van der Waals surface area contributed by atoms with Crippen molar-refractivity contribution in [3.05, 3.63) is 94.6 Å². The van der Waals surface area contributed by atoms with Crippen LogP contribution in [0.25, 0.3) is 5.76 Å². The van der Waals surface area contributed by atoms with Crippen molar-refractivity contribution >= 4 is 23.1 Å². The molecule has 1 aliphatic heterocycles. The first-order valence-corrected chi connectivity index (χ1v) is 11.1. The zero-order valence-electron chi connectivity index (χ0n) is 19.6. The minimum absolute atomic E-state index is 0.0106. The minimum atomic E-state index is -0.902. The number of phenolic OH excluding ortho intramolecular Hbond substituents is 1. The number of aliphatic hydroxyl groups excluding tert-OH is 1. The van der Waals surface area contributed by atoms with Crippen molar-refractivity contribution in [3.8, 4) is 11.5 Å². The summed E-state index contributed by atoms with van der Waals surface area (Å²) in [6.07, 6.45) is -0.0106. The molecule has 0 radical (unpaired) electrons. The molecule has 0 aromatic heterocycles. The molecule has 1 fully saturated rings. The number of aryl methyl sites for hydroxylation is 2. The average molecular weight is 458 g/mol. The molecule has 1 amide bonds. The molecule has 1 atom stereocenters. The van der Waals surface area contributed by atoms with E-state index in [0.29, 0.717) is 16.9 Å². The largest absolute Gasteiger partial charge is 0.507 e. The lowest BCUT2D eigenvalue weighted by Gasteiger charge is -2.26. The molecule has 6 heteroatoms. The number of nitrogens with zero attached hydrogens (tertiary/aromatic N) is 1. The molecule has 1 saturated heterocycles. The number of phenols is 1. The maximum atomic E-state index is 13.3. The van der Waals surface area contributed by atoms with E-state index in [1.165, 1.54) is 11.0 Å². The highest BCUT2D eigenvalue weighted by atomic mass is 16.5. The van der Waals surface area contributed by atoms with Crippen LogP contribution in [-0.2, 0) is 9.59 Å². The molecule has 2 N–H and O–H groups in total. The molecule has 0 spiro atoms. The summed E-state index contributed by atoms with van der Waals surface area (Å²) in [7, 11) is 0. The van der Waals surface area contributed by atoms with Gasteiger partial charge in [0.1, 0.15) is 17.3 Å². The fourth-order valence-electron chi connectivity index (χ4n) is 4.20. The third-order valence-corrected chi connectivity index (χ3v) is 5.76. The highest BCUT2D eigenvalue weighted by molar-refractivity contribution is 6.51. The van der Waals surface area contributed by atoms with Crippen molar-refractivity contribution in [2.45, 2.75) is 39.8 Å². The van der Waals surface area contributed by atoms with Gasteiger partial charge >= 0.3 is 0 Å². The average Bonchev–Trinajstić information content (AvgIpc) is 3.07. The molecule has 4 rings (SSSR count). The number of amides is 1. The monoisotopic (exact) mass is 457 g/mol. The Hall–Kier alpha value is -4.06. The topological polar surface area (TPSA) is 87.1 Å². The van der Waals surface area contributed by atoms with Crippen LogP contribution in [0.2, 0.25) is 0 Å². The Balaban J connectivity index is 1.91. The van der Waals surface area contributed by atoms with Crippen molar-refractivity contribution in [2.24, 2.45) is 0 Å². The van der Waals surface area contributed by atoms with Crippen LogP contribution in [0.1, 0.15) is 42.1 Å². The first-order chi connectivity index (χ1) is 16.2. The number of rotatable bonds is 5. The number of hydrogen-bond donors (Lipinski definition) is 2. The first kappa shape index (κ1) is 23.1. The van der Waals surface area contributed by atoms with E-state index in [4.69, 9.17) is 4.74 Å². The molecule has 3 aromatic rings. The van der Waals surface area contributed by atoms with E-state index in [1.807, 2.05) is 33.8 Å². The van der Waals surface area contributed by atoms with E-state index >= 15 is 0 Å². The van der Waals surface area contributed by atoms with E-state index in [1.54, 1.807) is 54.6 Å². The maximum Gasteiger partial charge on any atom is 0.300 e. The zero-order valence-corrected chi connectivity index (χ0v) is 19.6. The standard InChI is InChI=1S/C28H27NO5/c1-16(2)34-23-13-11-20(15-18(23)4)26(31)24-25(19-8-6-5-7-9-19)29(28(33)27(24)32)21-14-17(3)10-12-22(21)30/h5-16,25,30-31H,1-4H3/b26-24-. The lowest BCUT2D eigenvalue weighted by atomic mass is 9.94. The summed E-state index contributed by atoms with van der Waals surface area (Å²) in [4.78, 5) is 27.8. The van der Waals surface area contributed by atoms with Crippen LogP contribution in [0.5, 0.6) is 11.5 Å². The van der Waals surface area contributed by atoms with Crippen molar-refractivity contribution in [3.63, 3.8) is 0 Å². The number of ether oxygens (including phenoxy) is 1. The van der Waals surface area contributed by atoms with Crippen LogP contribution in [-0.4, -0.2) is 28.0 Å². The lowest BCUT2D eigenvalue weighted by molar-refractivity contribution is -0.132. The van der Waals surface area contributed by atoms with Crippen LogP contribution in [0.15, 0.2) is 72.3 Å². The van der Waals surface area contributed by atoms with E-state index in [9.17, 15) is 19.8 Å². The number of anilines is 1. The van der Waals surface area contributed by atoms with Crippen molar-refractivity contribution in [1.82, 2.24) is 0 Å². The third-order valence-electron chi connectivity index (χ3n) is 5.76. The summed E-state index contributed by atoms with van der Waals surface area (Å²) in [5, 5.41) is 21.8. The molecule has 1 unspecified atom stereocenters. The number of hydrogen-bond acceptors (Lipinski definition) is 5. The summed E-state index contributed by atoms with van der Waals surface area (Å²) in [6, 6.07) is 18.1. The highest BCUT2D eigenvalue weighted by Crippen LogP contribution is 2.45. The Bertz CT molecular complexity index is 1290. The Morgan fingerprint density at radius 3 is 2.32 bits per heavy atom. The van der Waals surface area contributed by atoms with Gasteiger partial charge in [0.25, 0.3) is 11.7 Å². The van der Waals surface area contributed by atoms with Crippen LogP contribution in [0.4, 0.5) is 5.69 Å². The van der Waals surface area contributed by atoms with Crippen molar-refractivity contribution in [1.29, 1.82) is 0 Å². The molecule has 6 nitrogen and oxygen atoms in total. The number of carbonyl (C=O) groups excluding carboxylic acids is 2. The normalized spacial score (nSPS) is 17.4. The summed E-state index contributed by atoms with van der Waals surface area (Å²) in [5.74, 6) is -1.35. The van der Waals surface area contributed by atoms with Gasteiger partial charge in [0, 0.05) is 5.56 Å². The maximum absolute atomic E-state index is 13.3. The van der Waals surface area contributed by atoms with Gasteiger partial charge in [0.2, 0.25) is 0 Å². The number of benzene rings is 3. The Morgan fingerprint density at radius 1 is 0.971 bits per heavy atom.